The van der Waals surface area contributed by atoms with Crippen molar-refractivity contribution in [2.24, 2.45) is 0 Å². The molecular formula is C36H24F2N2. The highest BCUT2D eigenvalue weighted by atomic mass is 19.2. The van der Waals surface area contributed by atoms with Gasteiger partial charge in [0.2, 0.25) is 0 Å². The lowest BCUT2D eigenvalue weighted by molar-refractivity contribution is 0.507. The molecule has 4 heteroatoms. The van der Waals surface area contributed by atoms with E-state index in [4.69, 9.17) is 9.97 Å². The molecule has 192 valence electrons. The molecule has 0 radical (unpaired) electrons. The van der Waals surface area contributed by atoms with Crippen LogP contribution in [0.25, 0.3) is 57.9 Å². The summed E-state index contributed by atoms with van der Waals surface area (Å²) in [4.78, 5) is 9.99. The maximum absolute atomic E-state index is 15.9. The maximum atomic E-state index is 15.9. The molecule has 0 amide bonds. The predicted octanol–water partition coefficient (Wildman–Crippen LogP) is 9.58. The van der Waals surface area contributed by atoms with E-state index in [0.29, 0.717) is 11.4 Å². The van der Waals surface area contributed by atoms with E-state index in [1.54, 1.807) is 24.3 Å². The summed E-state index contributed by atoms with van der Waals surface area (Å²) in [6.45, 7) is 0. The van der Waals surface area contributed by atoms with Gasteiger partial charge in [0, 0.05) is 22.3 Å². The van der Waals surface area contributed by atoms with Crippen LogP contribution in [0.2, 0.25) is 0 Å². The molecule has 0 N–H and O–H groups in total. The van der Waals surface area contributed by atoms with Gasteiger partial charge in [-0.1, -0.05) is 133 Å². The number of nitrogens with zero attached hydrogens (tertiary/aromatic N) is 2. The molecule has 0 unspecified atom stereocenters. The smallest absolute Gasteiger partial charge is 0.168 e. The molecule has 2 nitrogen and oxygen atoms in total. The number of rotatable bonds is 6. The van der Waals surface area contributed by atoms with E-state index < -0.39 is 11.6 Å². The van der Waals surface area contributed by atoms with Crippen LogP contribution in [0.4, 0.5) is 8.78 Å². The van der Waals surface area contributed by atoms with Crippen molar-refractivity contribution < 1.29 is 8.78 Å². The van der Waals surface area contributed by atoms with E-state index in [1.807, 2.05) is 121 Å². The zero-order valence-electron chi connectivity index (χ0n) is 21.5. The molecular weight excluding hydrogens is 498 g/mol. The highest BCUT2D eigenvalue weighted by Crippen LogP contribution is 2.36. The van der Waals surface area contributed by atoms with Crippen LogP contribution in [0.5, 0.6) is 0 Å². The van der Waals surface area contributed by atoms with Gasteiger partial charge >= 0.3 is 0 Å². The molecule has 6 aromatic rings. The summed E-state index contributed by atoms with van der Waals surface area (Å²) in [5, 5.41) is 0. The molecule has 0 aliphatic rings. The normalized spacial score (nSPS) is 11.6. The summed E-state index contributed by atoms with van der Waals surface area (Å²) >= 11 is 0. The first-order chi connectivity index (χ1) is 19.7. The quantitative estimate of drug-likeness (QED) is 0.204. The molecule has 0 aliphatic carbocycles. The van der Waals surface area contributed by atoms with Gasteiger partial charge in [-0.05, 0) is 23.3 Å². The van der Waals surface area contributed by atoms with Gasteiger partial charge in [0.25, 0.3) is 0 Å². The maximum Gasteiger partial charge on any atom is 0.168 e. The second-order valence-electron chi connectivity index (χ2n) is 9.29. The topological polar surface area (TPSA) is 25.8 Å². The Bertz CT molecular complexity index is 1690. The molecule has 0 aliphatic heterocycles. The summed E-state index contributed by atoms with van der Waals surface area (Å²) in [7, 11) is 0. The third-order valence-corrected chi connectivity index (χ3v) is 6.65. The summed E-state index contributed by atoms with van der Waals surface area (Å²) in [5.41, 5.74) is 5.26. The largest absolute Gasteiger partial charge is 0.243 e. The second kappa shape index (κ2) is 11.3. The number of aromatic nitrogens is 2. The van der Waals surface area contributed by atoms with Crippen molar-refractivity contribution in [1.29, 1.82) is 0 Å². The van der Waals surface area contributed by atoms with Gasteiger partial charge in [0.15, 0.2) is 11.6 Å². The Morgan fingerprint density at radius 1 is 0.400 bits per heavy atom. The number of hydrogen-bond acceptors (Lipinski definition) is 2. The Kier molecular flexibility index (Phi) is 7.06. The van der Waals surface area contributed by atoms with Crippen molar-refractivity contribution in [3.05, 3.63) is 155 Å². The minimum Gasteiger partial charge on any atom is -0.243 e. The Balaban J connectivity index is 1.67. The van der Waals surface area contributed by atoms with Gasteiger partial charge in [-0.3, -0.25) is 0 Å². The van der Waals surface area contributed by atoms with Crippen molar-refractivity contribution in [2.75, 3.05) is 0 Å². The minimum atomic E-state index is -0.965. The van der Waals surface area contributed by atoms with Crippen LogP contribution in [0.15, 0.2) is 121 Å². The number of benzene rings is 5. The molecule has 0 saturated heterocycles. The van der Waals surface area contributed by atoms with Gasteiger partial charge in [0.05, 0.1) is 11.4 Å². The lowest BCUT2D eigenvalue weighted by Gasteiger charge is -2.15. The van der Waals surface area contributed by atoms with Crippen LogP contribution in [0.3, 0.4) is 0 Å². The van der Waals surface area contributed by atoms with E-state index in [0.717, 1.165) is 22.3 Å². The summed E-state index contributed by atoms with van der Waals surface area (Å²) in [5.74, 6) is -1.93. The molecule has 0 saturated carbocycles. The van der Waals surface area contributed by atoms with Crippen LogP contribution in [-0.4, -0.2) is 9.97 Å². The average molecular weight is 523 g/mol. The van der Waals surface area contributed by atoms with Crippen molar-refractivity contribution >= 4 is 35.3 Å². The molecule has 0 fully saturated rings. The monoisotopic (exact) mass is 522 g/mol. The van der Waals surface area contributed by atoms with Crippen LogP contribution < -0.4 is 0 Å². The van der Waals surface area contributed by atoms with Gasteiger partial charge < -0.3 is 0 Å². The molecule has 5 aromatic carbocycles. The van der Waals surface area contributed by atoms with Crippen LogP contribution in [-0.2, 0) is 0 Å². The van der Waals surface area contributed by atoms with Crippen LogP contribution in [0.1, 0.15) is 22.3 Å². The number of hydrogen-bond donors (Lipinski definition) is 0. The van der Waals surface area contributed by atoms with E-state index in [1.165, 1.54) is 0 Å². The van der Waals surface area contributed by atoms with Crippen molar-refractivity contribution in [1.82, 2.24) is 9.97 Å². The number of halogens is 2. The molecule has 6 rings (SSSR count). The molecule has 1 heterocycles. The average Bonchev–Trinajstić information content (AvgIpc) is 3.02. The highest BCUT2D eigenvalue weighted by molar-refractivity contribution is 5.98. The summed E-state index contributed by atoms with van der Waals surface area (Å²) in [6, 6.07) is 38.3. The SMILES string of the molecule is Fc1c(F)c(/C=C/c2ccccc2)c2nc(-c3ccccc3)c(-c3ccccc3)nc2c1/C=C/c1ccccc1. The third-order valence-electron chi connectivity index (χ3n) is 6.65. The van der Waals surface area contributed by atoms with Crippen LogP contribution in [0, 0.1) is 11.6 Å². The van der Waals surface area contributed by atoms with Crippen LogP contribution >= 0.6 is 0 Å². The van der Waals surface area contributed by atoms with Crippen molar-refractivity contribution in [3.63, 3.8) is 0 Å². The van der Waals surface area contributed by atoms with Crippen molar-refractivity contribution in [2.45, 2.75) is 0 Å². The molecule has 40 heavy (non-hydrogen) atoms. The first-order valence-electron chi connectivity index (χ1n) is 13.0. The second-order valence-corrected chi connectivity index (χ2v) is 9.29. The van der Waals surface area contributed by atoms with E-state index in [2.05, 4.69) is 0 Å². The lowest BCUT2D eigenvalue weighted by atomic mass is 10.00. The summed E-state index contributed by atoms with van der Waals surface area (Å²) in [6.07, 6.45) is 6.66. The Hall–Kier alpha value is -5.22. The summed E-state index contributed by atoms with van der Waals surface area (Å²) < 4.78 is 31.7. The van der Waals surface area contributed by atoms with E-state index in [9.17, 15) is 0 Å². The van der Waals surface area contributed by atoms with Gasteiger partial charge in [-0.25, -0.2) is 18.7 Å². The van der Waals surface area contributed by atoms with Gasteiger partial charge in [-0.15, -0.1) is 0 Å². The lowest BCUT2D eigenvalue weighted by Crippen LogP contribution is -2.03. The standard InChI is InChI=1S/C36H24F2N2/c37-31-29(23-21-25-13-5-1-6-14-25)35-36(30(32(31)38)24-22-26-15-7-2-8-16-26)40-34(28-19-11-4-12-20-28)33(39-35)27-17-9-3-10-18-27/h1-24H/b23-21+,24-22+. The Morgan fingerprint density at radius 3 is 1.07 bits per heavy atom. The highest BCUT2D eigenvalue weighted by Gasteiger charge is 2.23. The Morgan fingerprint density at radius 2 is 0.725 bits per heavy atom. The van der Waals surface area contributed by atoms with E-state index in [-0.39, 0.29) is 22.2 Å². The first-order valence-corrected chi connectivity index (χ1v) is 13.0. The Labute approximate surface area is 231 Å². The molecule has 0 spiro atoms. The van der Waals surface area contributed by atoms with Gasteiger partial charge in [0.1, 0.15) is 11.0 Å². The molecule has 0 atom stereocenters. The predicted molar refractivity (Wildman–Crippen MR) is 161 cm³/mol. The molecule has 0 bridgehead atoms. The minimum absolute atomic E-state index is 0.0532. The first kappa shape index (κ1) is 25.1. The third kappa shape index (κ3) is 5.07. The fourth-order valence-electron chi connectivity index (χ4n) is 4.64. The van der Waals surface area contributed by atoms with E-state index >= 15 is 8.78 Å². The number of fused-ring (bicyclic) bond motifs is 1. The fourth-order valence-corrected chi connectivity index (χ4v) is 4.64. The zero-order chi connectivity index (χ0) is 27.3. The molecule has 1 aromatic heterocycles. The van der Waals surface area contributed by atoms with Crippen molar-refractivity contribution in [3.8, 4) is 22.5 Å². The van der Waals surface area contributed by atoms with Gasteiger partial charge in [-0.2, -0.15) is 0 Å². The fraction of sp³-hybridized carbons (Fsp3) is 0. The zero-order valence-corrected chi connectivity index (χ0v) is 21.5.